The topological polar surface area (TPSA) is 99.1 Å². The zero-order valence-electron chi connectivity index (χ0n) is 13.1. The number of anilines is 1. The number of aliphatic hydroxyl groups is 1. The third-order valence-corrected chi connectivity index (χ3v) is 3.63. The number of para-hydroxylation sites is 1. The number of aliphatic imine (C=N–C) groups is 1. The fourth-order valence-electron chi connectivity index (χ4n) is 2.51. The summed E-state index contributed by atoms with van der Waals surface area (Å²) in [6.07, 6.45) is 0.375. The lowest BCUT2D eigenvalue weighted by atomic mass is 9.95. The molecule has 1 heterocycles. The van der Waals surface area contributed by atoms with E-state index in [4.69, 9.17) is 5.11 Å². The summed E-state index contributed by atoms with van der Waals surface area (Å²) in [4.78, 5) is 42.1. The highest BCUT2D eigenvalue weighted by atomic mass is 16.3. The lowest BCUT2D eigenvalue weighted by molar-refractivity contribution is -0.131. The first kappa shape index (κ1) is 16.8. The first-order valence-corrected chi connectivity index (χ1v) is 7.39. The average molecular weight is 317 g/mol. The van der Waals surface area contributed by atoms with Crippen molar-refractivity contribution in [1.82, 2.24) is 5.32 Å². The summed E-state index contributed by atoms with van der Waals surface area (Å²) < 4.78 is 0. The number of aryl methyl sites for hydroxylation is 1. The van der Waals surface area contributed by atoms with E-state index < -0.39 is 23.8 Å². The number of carbonyl (C=O) groups excluding carboxylic acids is 3. The molecular formula is C16H19N3O4. The molecular weight excluding hydrogens is 298 g/mol. The van der Waals surface area contributed by atoms with Crippen molar-refractivity contribution >= 4 is 29.2 Å². The van der Waals surface area contributed by atoms with E-state index in [1.54, 1.807) is 38.1 Å². The first-order valence-electron chi connectivity index (χ1n) is 7.39. The number of nitrogens with one attached hydrogen (secondary N) is 1. The van der Waals surface area contributed by atoms with Gasteiger partial charge >= 0.3 is 6.03 Å². The Balaban J connectivity index is 2.43. The molecule has 7 heteroatoms. The van der Waals surface area contributed by atoms with Crippen molar-refractivity contribution in [2.24, 2.45) is 10.9 Å². The Morgan fingerprint density at radius 3 is 2.61 bits per heavy atom. The van der Waals surface area contributed by atoms with Crippen molar-refractivity contribution < 1.29 is 19.5 Å². The Morgan fingerprint density at radius 1 is 1.30 bits per heavy atom. The normalized spacial score (nSPS) is 19.1. The van der Waals surface area contributed by atoms with E-state index in [9.17, 15) is 14.4 Å². The van der Waals surface area contributed by atoms with Gasteiger partial charge in [-0.2, -0.15) is 0 Å². The van der Waals surface area contributed by atoms with Crippen molar-refractivity contribution in [3.63, 3.8) is 0 Å². The maximum Gasteiger partial charge on any atom is 0.335 e. The second kappa shape index (κ2) is 7.15. The molecule has 2 N–H and O–H groups in total. The number of amides is 4. The Kier molecular flexibility index (Phi) is 5.23. The van der Waals surface area contributed by atoms with E-state index in [0.29, 0.717) is 17.8 Å². The van der Waals surface area contributed by atoms with Crippen LogP contribution in [0.25, 0.3) is 0 Å². The maximum atomic E-state index is 12.8. The SMILES string of the molecule is CCC(=NCCO)C1C(=O)NC(=O)N(c2ccccc2C)C1=O. The number of hydrogen-bond donors (Lipinski definition) is 2. The Labute approximate surface area is 134 Å². The van der Waals surface area contributed by atoms with Gasteiger partial charge in [0.25, 0.3) is 5.91 Å². The van der Waals surface area contributed by atoms with E-state index >= 15 is 0 Å². The quantitative estimate of drug-likeness (QED) is 0.626. The van der Waals surface area contributed by atoms with Gasteiger partial charge in [0.15, 0.2) is 5.92 Å². The number of carbonyl (C=O) groups is 3. The predicted octanol–water partition coefficient (Wildman–Crippen LogP) is 1.04. The van der Waals surface area contributed by atoms with E-state index in [2.05, 4.69) is 10.3 Å². The van der Waals surface area contributed by atoms with Gasteiger partial charge in [0.1, 0.15) is 0 Å². The number of barbiturate groups is 1. The van der Waals surface area contributed by atoms with Crippen LogP contribution in [0.2, 0.25) is 0 Å². The van der Waals surface area contributed by atoms with Crippen LogP contribution in [-0.4, -0.2) is 41.8 Å². The lowest BCUT2D eigenvalue weighted by Crippen LogP contribution is -2.60. The van der Waals surface area contributed by atoms with Gasteiger partial charge in [-0.3, -0.25) is 19.9 Å². The van der Waals surface area contributed by atoms with E-state index in [1.807, 2.05) is 0 Å². The zero-order valence-corrected chi connectivity index (χ0v) is 13.1. The van der Waals surface area contributed by atoms with Crippen LogP contribution < -0.4 is 10.2 Å². The molecule has 1 saturated heterocycles. The van der Waals surface area contributed by atoms with Crippen LogP contribution in [-0.2, 0) is 9.59 Å². The fraction of sp³-hybridized carbons (Fsp3) is 0.375. The molecule has 1 aliphatic rings. The second-order valence-corrected chi connectivity index (χ2v) is 5.14. The number of nitrogens with zero attached hydrogens (tertiary/aromatic N) is 2. The van der Waals surface area contributed by atoms with Crippen LogP contribution in [0.4, 0.5) is 10.5 Å². The Bertz CT molecular complexity index is 669. The first-order chi connectivity index (χ1) is 11.0. The van der Waals surface area contributed by atoms with Crippen LogP contribution in [0.5, 0.6) is 0 Å². The molecule has 1 atom stereocenters. The summed E-state index contributed by atoms with van der Waals surface area (Å²) in [5.41, 5.74) is 1.53. The summed E-state index contributed by atoms with van der Waals surface area (Å²) >= 11 is 0. The summed E-state index contributed by atoms with van der Waals surface area (Å²) in [7, 11) is 0. The van der Waals surface area contributed by atoms with Gasteiger partial charge in [-0.25, -0.2) is 9.69 Å². The summed E-state index contributed by atoms with van der Waals surface area (Å²) in [6, 6.07) is 6.18. The largest absolute Gasteiger partial charge is 0.394 e. The standard InChI is InChI=1S/C16H19N3O4/c1-3-11(17-8-9-20)13-14(21)18-16(23)19(15(13)22)12-7-5-4-6-10(12)2/h4-7,13,20H,3,8-9H2,1-2H3,(H,18,21,23). The van der Waals surface area contributed by atoms with Crippen molar-refractivity contribution in [1.29, 1.82) is 0 Å². The summed E-state index contributed by atoms with van der Waals surface area (Å²) in [5.74, 6) is -2.45. The Hall–Kier alpha value is -2.54. The number of hydrogen-bond acceptors (Lipinski definition) is 5. The summed E-state index contributed by atoms with van der Waals surface area (Å²) in [5, 5.41) is 11.1. The molecule has 4 amide bonds. The molecule has 1 fully saturated rings. The average Bonchev–Trinajstić information content (AvgIpc) is 2.52. The number of aliphatic hydroxyl groups excluding tert-OH is 1. The molecule has 7 nitrogen and oxygen atoms in total. The van der Waals surface area contributed by atoms with Crippen molar-refractivity contribution in [2.45, 2.75) is 20.3 Å². The molecule has 0 spiro atoms. The minimum Gasteiger partial charge on any atom is -0.394 e. The van der Waals surface area contributed by atoms with E-state index in [-0.39, 0.29) is 13.2 Å². The molecule has 23 heavy (non-hydrogen) atoms. The molecule has 2 rings (SSSR count). The highest BCUT2D eigenvalue weighted by Crippen LogP contribution is 2.25. The van der Waals surface area contributed by atoms with Gasteiger partial charge in [-0.1, -0.05) is 25.1 Å². The molecule has 0 saturated carbocycles. The monoisotopic (exact) mass is 317 g/mol. The van der Waals surface area contributed by atoms with Crippen LogP contribution >= 0.6 is 0 Å². The Morgan fingerprint density at radius 2 is 2.00 bits per heavy atom. The molecule has 0 aliphatic carbocycles. The lowest BCUT2D eigenvalue weighted by Gasteiger charge is -2.31. The van der Waals surface area contributed by atoms with Gasteiger partial charge in [-0.15, -0.1) is 0 Å². The molecule has 1 aliphatic heterocycles. The predicted molar refractivity (Wildman–Crippen MR) is 85.4 cm³/mol. The number of rotatable bonds is 5. The molecule has 122 valence electrons. The van der Waals surface area contributed by atoms with Gasteiger partial charge in [-0.05, 0) is 25.0 Å². The molecule has 0 aromatic heterocycles. The highest BCUT2D eigenvalue weighted by molar-refractivity contribution is 6.35. The van der Waals surface area contributed by atoms with Gasteiger partial charge in [0.2, 0.25) is 5.91 Å². The minimum absolute atomic E-state index is 0.110. The number of imide groups is 2. The maximum absolute atomic E-state index is 12.8. The summed E-state index contributed by atoms with van der Waals surface area (Å²) in [6.45, 7) is 3.48. The van der Waals surface area contributed by atoms with Gasteiger partial charge in [0, 0.05) is 5.71 Å². The fourth-order valence-corrected chi connectivity index (χ4v) is 2.51. The number of benzene rings is 1. The smallest absolute Gasteiger partial charge is 0.335 e. The third-order valence-electron chi connectivity index (χ3n) is 3.63. The van der Waals surface area contributed by atoms with Crippen LogP contribution in [0.3, 0.4) is 0 Å². The number of urea groups is 1. The van der Waals surface area contributed by atoms with Crippen LogP contribution in [0, 0.1) is 12.8 Å². The van der Waals surface area contributed by atoms with E-state index in [0.717, 1.165) is 10.5 Å². The van der Waals surface area contributed by atoms with Crippen LogP contribution in [0.1, 0.15) is 18.9 Å². The molecule has 1 aromatic carbocycles. The van der Waals surface area contributed by atoms with Crippen LogP contribution in [0.15, 0.2) is 29.3 Å². The highest BCUT2D eigenvalue weighted by Gasteiger charge is 2.43. The zero-order chi connectivity index (χ0) is 17.0. The van der Waals surface area contributed by atoms with Gasteiger partial charge < -0.3 is 5.11 Å². The molecule has 1 unspecified atom stereocenters. The molecule has 0 radical (unpaired) electrons. The minimum atomic E-state index is -1.15. The molecule has 0 bridgehead atoms. The van der Waals surface area contributed by atoms with Crippen molar-refractivity contribution in [3.05, 3.63) is 29.8 Å². The van der Waals surface area contributed by atoms with Crippen molar-refractivity contribution in [2.75, 3.05) is 18.1 Å². The third kappa shape index (κ3) is 3.29. The van der Waals surface area contributed by atoms with Crippen molar-refractivity contribution in [3.8, 4) is 0 Å². The molecule has 1 aromatic rings. The van der Waals surface area contributed by atoms with Gasteiger partial charge in [0.05, 0.1) is 18.8 Å². The van der Waals surface area contributed by atoms with E-state index in [1.165, 1.54) is 0 Å². The second-order valence-electron chi connectivity index (χ2n) is 5.14.